The lowest BCUT2D eigenvalue weighted by Crippen LogP contribution is -2.39. The Hall–Kier alpha value is -3.46. The predicted octanol–water partition coefficient (Wildman–Crippen LogP) is 3.73. The molecule has 1 heterocycles. The largest absolute Gasteiger partial charge is 0.439 e. The van der Waals surface area contributed by atoms with Gasteiger partial charge in [0.25, 0.3) is 0 Å². The molecule has 0 fully saturated rings. The maximum Gasteiger partial charge on any atom is 0.387 e. The number of aliphatic hydroxyl groups is 1. The van der Waals surface area contributed by atoms with Gasteiger partial charge in [-0.1, -0.05) is 42.5 Å². The average molecular weight is 430 g/mol. The van der Waals surface area contributed by atoms with Crippen LogP contribution in [0.25, 0.3) is 11.3 Å². The normalized spacial score (nSPS) is 12.6. The zero-order chi connectivity index (χ0) is 22.1. The van der Waals surface area contributed by atoms with Crippen LogP contribution in [0.3, 0.4) is 0 Å². The maximum absolute atomic E-state index is 12.2. The zero-order valence-corrected chi connectivity index (χ0v) is 17.0. The van der Waals surface area contributed by atoms with Gasteiger partial charge in [-0.3, -0.25) is 0 Å². The van der Waals surface area contributed by atoms with Crippen molar-refractivity contribution >= 4 is 5.96 Å². The van der Waals surface area contributed by atoms with Crippen LogP contribution in [0.4, 0.5) is 8.78 Å². The number of ether oxygens (including phenoxy) is 1. The number of alkyl halides is 2. The van der Waals surface area contributed by atoms with Crippen molar-refractivity contribution < 1.29 is 23.0 Å². The Morgan fingerprint density at radius 1 is 1.13 bits per heavy atom. The van der Waals surface area contributed by atoms with Crippen LogP contribution in [0.1, 0.15) is 24.5 Å². The van der Waals surface area contributed by atoms with Gasteiger partial charge in [-0.05, 0) is 24.6 Å². The summed E-state index contributed by atoms with van der Waals surface area (Å²) in [5.74, 6) is 1.65. The van der Waals surface area contributed by atoms with Crippen LogP contribution in [-0.2, 0) is 6.54 Å². The smallest absolute Gasteiger partial charge is 0.387 e. The lowest BCUT2D eigenvalue weighted by atomic mass is 10.1. The van der Waals surface area contributed by atoms with Crippen LogP contribution in [0.2, 0.25) is 0 Å². The lowest BCUT2D eigenvalue weighted by molar-refractivity contribution is -0.0498. The van der Waals surface area contributed by atoms with E-state index in [9.17, 15) is 13.9 Å². The molecule has 0 radical (unpaired) electrons. The minimum atomic E-state index is -2.89. The topological polar surface area (TPSA) is 91.9 Å². The fraction of sp³-hybridized carbons (Fsp3) is 0.273. The van der Waals surface area contributed by atoms with E-state index in [1.54, 1.807) is 6.20 Å². The fourth-order valence-electron chi connectivity index (χ4n) is 2.79. The Balaban J connectivity index is 1.56. The van der Waals surface area contributed by atoms with Crippen LogP contribution in [0, 0.1) is 0 Å². The summed E-state index contributed by atoms with van der Waals surface area (Å²) in [7, 11) is 0. The lowest BCUT2D eigenvalue weighted by Gasteiger charge is -2.15. The highest BCUT2D eigenvalue weighted by molar-refractivity contribution is 5.79. The van der Waals surface area contributed by atoms with Crippen molar-refractivity contribution in [2.75, 3.05) is 13.1 Å². The highest BCUT2D eigenvalue weighted by atomic mass is 19.3. The molecular formula is C22H24F2N4O3. The highest BCUT2D eigenvalue weighted by Gasteiger charge is 2.11. The summed E-state index contributed by atoms with van der Waals surface area (Å²) in [6.45, 7) is 0.0552. The van der Waals surface area contributed by atoms with E-state index in [1.165, 1.54) is 24.3 Å². The number of nitrogens with zero attached hydrogens (tertiary/aromatic N) is 2. The first-order chi connectivity index (χ1) is 15.0. The molecule has 164 valence electrons. The van der Waals surface area contributed by atoms with Crippen molar-refractivity contribution in [1.82, 2.24) is 15.6 Å². The number of hydrogen-bond donors (Lipinski definition) is 3. The fourth-order valence-corrected chi connectivity index (χ4v) is 2.79. The molecule has 0 saturated carbocycles. The van der Waals surface area contributed by atoms with E-state index >= 15 is 0 Å². The molecule has 2 aromatic carbocycles. The van der Waals surface area contributed by atoms with Crippen LogP contribution in [-0.4, -0.2) is 35.8 Å². The van der Waals surface area contributed by atoms with E-state index in [0.717, 1.165) is 5.56 Å². The summed E-state index contributed by atoms with van der Waals surface area (Å²) in [6, 6.07) is 15.5. The van der Waals surface area contributed by atoms with Gasteiger partial charge in [0, 0.05) is 18.7 Å². The summed E-state index contributed by atoms with van der Waals surface area (Å²) in [5.41, 5.74) is 1.49. The van der Waals surface area contributed by atoms with Gasteiger partial charge in [-0.2, -0.15) is 8.78 Å². The molecule has 0 saturated heterocycles. The number of oxazole rings is 1. The molecule has 9 heteroatoms. The predicted molar refractivity (Wildman–Crippen MR) is 113 cm³/mol. The number of aliphatic hydroxyl groups excluding tert-OH is 1. The Kier molecular flexibility index (Phi) is 7.94. The second kappa shape index (κ2) is 11.1. The summed E-state index contributed by atoms with van der Waals surface area (Å²) in [6.07, 6.45) is 0.794. The first kappa shape index (κ1) is 22.2. The van der Waals surface area contributed by atoms with Gasteiger partial charge in [-0.15, -0.1) is 0 Å². The number of hydrogen-bond acceptors (Lipinski definition) is 5. The van der Waals surface area contributed by atoms with E-state index < -0.39 is 12.7 Å². The maximum atomic E-state index is 12.2. The van der Waals surface area contributed by atoms with Crippen LogP contribution < -0.4 is 15.4 Å². The summed E-state index contributed by atoms with van der Waals surface area (Å²) >= 11 is 0. The number of benzene rings is 2. The Morgan fingerprint density at radius 3 is 2.55 bits per heavy atom. The number of halogens is 2. The van der Waals surface area contributed by atoms with Gasteiger partial charge in [0.05, 0.1) is 12.3 Å². The standard InChI is InChI=1S/C22H24F2N4O3/c1-2-25-22(27-12-18(29)15-8-10-17(11-9-15)30-21(23)24)28-14-20-26-13-19(31-20)16-6-4-3-5-7-16/h3-11,13,18,21,29H,2,12,14H2,1H3,(H2,25,27,28). The molecule has 3 N–H and O–H groups in total. The monoisotopic (exact) mass is 430 g/mol. The molecule has 1 unspecified atom stereocenters. The SMILES string of the molecule is CCNC(=NCc1ncc(-c2ccccc2)o1)NCC(O)c1ccc(OC(F)F)cc1. The van der Waals surface area contributed by atoms with Gasteiger partial charge in [0.15, 0.2) is 11.7 Å². The molecule has 0 aliphatic heterocycles. The third-order valence-electron chi connectivity index (χ3n) is 4.28. The number of aromatic nitrogens is 1. The van der Waals surface area contributed by atoms with Gasteiger partial charge >= 0.3 is 6.61 Å². The van der Waals surface area contributed by atoms with E-state index in [4.69, 9.17) is 4.42 Å². The van der Waals surface area contributed by atoms with Gasteiger partial charge in [0.2, 0.25) is 5.89 Å². The van der Waals surface area contributed by atoms with Gasteiger partial charge in [-0.25, -0.2) is 9.98 Å². The number of rotatable bonds is 9. The second-order valence-electron chi connectivity index (χ2n) is 6.52. The second-order valence-corrected chi connectivity index (χ2v) is 6.52. The van der Waals surface area contributed by atoms with Crippen molar-refractivity contribution in [2.24, 2.45) is 4.99 Å². The molecule has 3 aromatic rings. The molecule has 0 aliphatic carbocycles. The Labute approximate surface area is 178 Å². The molecule has 3 rings (SSSR count). The van der Waals surface area contributed by atoms with E-state index in [2.05, 4.69) is 25.3 Å². The molecule has 0 bridgehead atoms. The van der Waals surface area contributed by atoms with Crippen molar-refractivity contribution in [3.05, 3.63) is 72.2 Å². The molecule has 1 atom stereocenters. The Bertz CT molecular complexity index is 962. The molecule has 7 nitrogen and oxygen atoms in total. The minimum absolute atomic E-state index is 0.0367. The van der Waals surface area contributed by atoms with Crippen molar-refractivity contribution in [3.8, 4) is 17.1 Å². The van der Waals surface area contributed by atoms with Crippen molar-refractivity contribution in [1.29, 1.82) is 0 Å². The third-order valence-corrected chi connectivity index (χ3v) is 4.28. The number of nitrogens with one attached hydrogen (secondary N) is 2. The van der Waals surface area contributed by atoms with Crippen molar-refractivity contribution in [2.45, 2.75) is 26.2 Å². The molecular weight excluding hydrogens is 406 g/mol. The first-order valence-electron chi connectivity index (χ1n) is 9.80. The molecule has 0 amide bonds. The summed E-state index contributed by atoms with van der Waals surface area (Å²) in [5, 5.41) is 16.5. The average Bonchev–Trinajstić information content (AvgIpc) is 3.25. The third kappa shape index (κ3) is 6.78. The van der Waals surface area contributed by atoms with Crippen LogP contribution >= 0.6 is 0 Å². The van der Waals surface area contributed by atoms with Gasteiger partial charge < -0.3 is 24.9 Å². The van der Waals surface area contributed by atoms with E-state index in [1.807, 2.05) is 37.3 Å². The number of guanidine groups is 1. The molecule has 1 aromatic heterocycles. The first-order valence-corrected chi connectivity index (χ1v) is 9.80. The van der Waals surface area contributed by atoms with Crippen LogP contribution in [0.15, 0.2) is 70.2 Å². The minimum Gasteiger partial charge on any atom is -0.439 e. The summed E-state index contributed by atoms with van der Waals surface area (Å²) in [4.78, 5) is 8.68. The van der Waals surface area contributed by atoms with Crippen LogP contribution in [0.5, 0.6) is 5.75 Å². The molecule has 0 aliphatic rings. The van der Waals surface area contributed by atoms with Crippen molar-refractivity contribution in [3.63, 3.8) is 0 Å². The highest BCUT2D eigenvalue weighted by Crippen LogP contribution is 2.20. The molecule has 31 heavy (non-hydrogen) atoms. The zero-order valence-electron chi connectivity index (χ0n) is 17.0. The van der Waals surface area contributed by atoms with E-state index in [0.29, 0.717) is 29.7 Å². The molecule has 0 spiro atoms. The Morgan fingerprint density at radius 2 is 1.87 bits per heavy atom. The van der Waals surface area contributed by atoms with E-state index in [-0.39, 0.29) is 18.8 Å². The quantitative estimate of drug-likeness (QED) is 0.354. The number of aliphatic imine (C=N–C) groups is 1. The summed E-state index contributed by atoms with van der Waals surface area (Å²) < 4.78 is 34.5. The van der Waals surface area contributed by atoms with Gasteiger partial charge in [0.1, 0.15) is 12.3 Å².